The summed E-state index contributed by atoms with van der Waals surface area (Å²) in [6, 6.07) is 6.65. The molecule has 1 aromatic carbocycles. The molecular weight excluding hydrogens is 218 g/mol. The number of rotatable bonds is 3. The summed E-state index contributed by atoms with van der Waals surface area (Å²) in [5.74, 6) is -0.233. The minimum absolute atomic E-state index is 0.233. The van der Waals surface area contributed by atoms with Gasteiger partial charge in [0.25, 0.3) is 5.91 Å². The third-order valence-electron chi connectivity index (χ3n) is 2.35. The lowest BCUT2D eigenvalue weighted by Gasteiger charge is -2.05. The number of amides is 1. The van der Waals surface area contributed by atoms with Crippen molar-refractivity contribution in [2.75, 3.05) is 5.32 Å². The molecule has 5 heteroatoms. The quantitative estimate of drug-likeness (QED) is 0.811. The number of aromatic nitrogens is 2. The molecule has 0 fully saturated rings. The maximum atomic E-state index is 11.8. The van der Waals surface area contributed by atoms with Gasteiger partial charge >= 0.3 is 0 Å². The average Bonchev–Trinajstić information content (AvgIpc) is 2.76. The fraction of sp³-hybridized carbons (Fsp3) is 0.0833. The summed E-state index contributed by atoms with van der Waals surface area (Å²) < 4.78 is 1.63. The van der Waals surface area contributed by atoms with Crippen LogP contribution in [0, 0.1) is 0 Å². The first-order chi connectivity index (χ1) is 8.20. The maximum Gasteiger partial charge on any atom is 0.273 e. The molecule has 0 saturated carbocycles. The van der Waals surface area contributed by atoms with Crippen molar-refractivity contribution in [1.29, 1.82) is 0 Å². The second kappa shape index (κ2) is 4.61. The Hall–Kier alpha value is -2.43. The van der Waals surface area contributed by atoms with Crippen LogP contribution in [0.1, 0.15) is 20.8 Å². The summed E-state index contributed by atoms with van der Waals surface area (Å²) in [5, 5.41) is 2.72. The van der Waals surface area contributed by atoms with E-state index in [4.69, 9.17) is 0 Å². The largest absolute Gasteiger partial charge is 0.330 e. The average molecular weight is 229 g/mol. The lowest BCUT2D eigenvalue weighted by Crippen LogP contribution is -2.15. The highest BCUT2D eigenvalue weighted by Gasteiger charge is 2.09. The Bertz CT molecular complexity index is 543. The maximum absolute atomic E-state index is 11.8. The molecule has 17 heavy (non-hydrogen) atoms. The zero-order valence-electron chi connectivity index (χ0n) is 9.25. The van der Waals surface area contributed by atoms with E-state index in [0.29, 0.717) is 16.9 Å². The molecule has 0 bridgehead atoms. The third kappa shape index (κ3) is 2.39. The minimum atomic E-state index is -0.233. The molecule has 86 valence electrons. The topological polar surface area (TPSA) is 64.0 Å². The summed E-state index contributed by atoms with van der Waals surface area (Å²) in [5.41, 5.74) is 1.69. The Morgan fingerprint density at radius 3 is 2.59 bits per heavy atom. The number of nitrogens with zero attached hydrogens (tertiary/aromatic N) is 2. The molecule has 1 N–H and O–H groups in total. The molecule has 0 aliphatic heterocycles. The number of aryl methyl sites for hydroxylation is 1. The van der Waals surface area contributed by atoms with E-state index >= 15 is 0 Å². The number of benzene rings is 1. The highest BCUT2D eigenvalue weighted by molar-refractivity contribution is 6.03. The summed E-state index contributed by atoms with van der Waals surface area (Å²) >= 11 is 0. The summed E-state index contributed by atoms with van der Waals surface area (Å²) in [4.78, 5) is 26.1. The number of aldehydes is 1. The number of carbonyl (C=O) groups excluding carboxylic acids is 2. The van der Waals surface area contributed by atoms with Crippen molar-refractivity contribution in [2.45, 2.75) is 0 Å². The Labute approximate surface area is 98.1 Å². The van der Waals surface area contributed by atoms with Gasteiger partial charge in [0.1, 0.15) is 12.0 Å². The molecule has 5 nitrogen and oxygen atoms in total. The summed E-state index contributed by atoms with van der Waals surface area (Å²) in [6.07, 6.45) is 3.81. The van der Waals surface area contributed by atoms with E-state index in [2.05, 4.69) is 10.3 Å². The molecule has 0 radical (unpaired) electrons. The zero-order valence-corrected chi connectivity index (χ0v) is 9.25. The number of anilines is 1. The standard InChI is InChI=1S/C12H11N3O2/c1-15-8-13-6-11(15)12(17)14-10-4-2-9(7-16)3-5-10/h2-8H,1H3,(H,14,17). The van der Waals surface area contributed by atoms with Crippen molar-refractivity contribution in [2.24, 2.45) is 7.05 Å². The van der Waals surface area contributed by atoms with E-state index in [1.54, 1.807) is 42.2 Å². The molecule has 1 heterocycles. The van der Waals surface area contributed by atoms with Crippen LogP contribution in [0.2, 0.25) is 0 Å². The summed E-state index contributed by atoms with van der Waals surface area (Å²) in [7, 11) is 1.75. The van der Waals surface area contributed by atoms with Crippen LogP contribution in [-0.4, -0.2) is 21.7 Å². The van der Waals surface area contributed by atoms with Crippen molar-refractivity contribution in [3.63, 3.8) is 0 Å². The van der Waals surface area contributed by atoms with E-state index in [1.807, 2.05) is 0 Å². The van der Waals surface area contributed by atoms with E-state index in [9.17, 15) is 9.59 Å². The minimum Gasteiger partial charge on any atom is -0.330 e. The van der Waals surface area contributed by atoms with Crippen LogP contribution in [0.4, 0.5) is 5.69 Å². The van der Waals surface area contributed by atoms with E-state index in [-0.39, 0.29) is 5.91 Å². The van der Waals surface area contributed by atoms with E-state index < -0.39 is 0 Å². The molecular formula is C12H11N3O2. The number of hydrogen-bond acceptors (Lipinski definition) is 3. The lowest BCUT2D eigenvalue weighted by molar-refractivity contribution is 0.101. The first kappa shape index (κ1) is 11.1. The smallest absolute Gasteiger partial charge is 0.273 e. The lowest BCUT2D eigenvalue weighted by atomic mass is 10.2. The van der Waals surface area contributed by atoms with Gasteiger partial charge < -0.3 is 9.88 Å². The van der Waals surface area contributed by atoms with Crippen molar-refractivity contribution in [3.8, 4) is 0 Å². The van der Waals surface area contributed by atoms with Crippen molar-refractivity contribution < 1.29 is 9.59 Å². The molecule has 2 aromatic rings. The van der Waals surface area contributed by atoms with Gasteiger partial charge in [-0.2, -0.15) is 0 Å². The van der Waals surface area contributed by atoms with Gasteiger partial charge in [0.05, 0.1) is 12.5 Å². The second-order valence-corrected chi connectivity index (χ2v) is 3.58. The van der Waals surface area contributed by atoms with Gasteiger partial charge in [-0.05, 0) is 24.3 Å². The van der Waals surface area contributed by atoms with Gasteiger partial charge in [0.2, 0.25) is 0 Å². The van der Waals surface area contributed by atoms with Crippen molar-refractivity contribution in [3.05, 3.63) is 48.0 Å². The molecule has 2 rings (SSSR count). The van der Waals surface area contributed by atoms with Crippen molar-refractivity contribution in [1.82, 2.24) is 9.55 Å². The van der Waals surface area contributed by atoms with Crippen LogP contribution in [0.15, 0.2) is 36.8 Å². The van der Waals surface area contributed by atoms with Crippen LogP contribution in [-0.2, 0) is 7.05 Å². The van der Waals surface area contributed by atoms with Gasteiger partial charge in [-0.25, -0.2) is 4.98 Å². The predicted octanol–water partition coefficient (Wildman–Crippen LogP) is 1.48. The molecule has 0 aliphatic carbocycles. The Balaban J connectivity index is 2.13. The first-order valence-corrected chi connectivity index (χ1v) is 5.03. The molecule has 0 spiro atoms. The summed E-state index contributed by atoms with van der Waals surface area (Å²) in [6.45, 7) is 0. The normalized spacial score (nSPS) is 9.94. The first-order valence-electron chi connectivity index (χ1n) is 5.03. The van der Waals surface area contributed by atoms with Gasteiger partial charge in [0, 0.05) is 18.3 Å². The zero-order chi connectivity index (χ0) is 12.3. The fourth-order valence-electron chi connectivity index (χ4n) is 1.42. The Morgan fingerprint density at radius 1 is 1.35 bits per heavy atom. The molecule has 0 atom stereocenters. The second-order valence-electron chi connectivity index (χ2n) is 3.58. The Morgan fingerprint density at radius 2 is 2.06 bits per heavy atom. The van der Waals surface area contributed by atoms with Crippen molar-refractivity contribution >= 4 is 17.9 Å². The van der Waals surface area contributed by atoms with E-state index in [1.165, 1.54) is 6.20 Å². The van der Waals surface area contributed by atoms with Gasteiger partial charge in [-0.3, -0.25) is 9.59 Å². The van der Waals surface area contributed by atoms with E-state index in [0.717, 1.165) is 6.29 Å². The van der Waals surface area contributed by atoms with Crippen LogP contribution < -0.4 is 5.32 Å². The number of imidazole rings is 1. The number of nitrogens with one attached hydrogen (secondary N) is 1. The number of hydrogen-bond donors (Lipinski definition) is 1. The SMILES string of the molecule is Cn1cncc1C(=O)Nc1ccc(C=O)cc1. The predicted molar refractivity (Wildman–Crippen MR) is 63.0 cm³/mol. The fourth-order valence-corrected chi connectivity index (χ4v) is 1.42. The van der Waals surface area contributed by atoms with Gasteiger partial charge in [-0.15, -0.1) is 0 Å². The van der Waals surface area contributed by atoms with Crippen LogP contribution in [0.5, 0.6) is 0 Å². The monoisotopic (exact) mass is 229 g/mol. The molecule has 1 amide bonds. The highest BCUT2D eigenvalue weighted by Crippen LogP contribution is 2.10. The number of carbonyl (C=O) groups is 2. The van der Waals surface area contributed by atoms with Crippen LogP contribution in [0.3, 0.4) is 0 Å². The Kier molecular flexibility index (Phi) is 3.00. The van der Waals surface area contributed by atoms with Gasteiger partial charge in [-0.1, -0.05) is 0 Å². The van der Waals surface area contributed by atoms with Crippen LogP contribution >= 0.6 is 0 Å². The molecule has 0 saturated heterocycles. The highest BCUT2D eigenvalue weighted by atomic mass is 16.2. The molecule has 0 unspecified atom stereocenters. The van der Waals surface area contributed by atoms with Crippen LogP contribution in [0.25, 0.3) is 0 Å². The third-order valence-corrected chi connectivity index (χ3v) is 2.35. The van der Waals surface area contributed by atoms with Gasteiger partial charge in [0.15, 0.2) is 0 Å². The molecule has 1 aromatic heterocycles. The molecule has 0 aliphatic rings.